The van der Waals surface area contributed by atoms with Crippen LogP contribution >= 0.6 is 0 Å². The number of quaternary nitrogens is 1. The molecule has 0 radical (unpaired) electrons. The first-order chi connectivity index (χ1) is 12.6. The van der Waals surface area contributed by atoms with Gasteiger partial charge in [0.25, 0.3) is 5.56 Å². The van der Waals surface area contributed by atoms with E-state index in [2.05, 4.69) is 16.0 Å². The van der Waals surface area contributed by atoms with Crippen molar-refractivity contribution in [2.24, 2.45) is 0 Å². The molecule has 1 aliphatic heterocycles. The lowest BCUT2D eigenvalue weighted by Crippen LogP contribution is -2.87. The molecule has 7 heteroatoms. The van der Waals surface area contributed by atoms with Crippen molar-refractivity contribution in [2.75, 3.05) is 6.54 Å². The number of nitrogens with two attached hydrogens (primary N) is 1. The molecule has 1 atom stereocenters. The SMILES string of the molecule is CCCCn1c(O)c([C@@H]2[NH2+]CCc3c2[nH]c2ccccc32)c(=O)[nH]c1=O. The summed E-state index contributed by atoms with van der Waals surface area (Å²) in [7, 11) is 0. The third-order valence-corrected chi connectivity index (χ3v) is 5.21. The largest absolute Gasteiger partial charge is 0.494 e. The van der Waals surface area contributed by atoms with E-state index in [1.54, 1.807) is 0 Å². The highest BCUT2D eigenvalue weighted by atomic mass is 16.3. The minimum absolute atomic E-state index is 0.222. The Kier molecular flexibility index (Phi) is 4.16. The predicted molar refractivity (Wildman–Crippen MR) is 98.5 cm³/mol. The highest BCUT2D eigenvalue weighted by Gasteiger charge is 2.34. The van der Waals surface area contributed by atoms with Gasteiger partial charge in [0.1, 0.15) is 5.56 Å². The van der Waals surface area contributed by atoms with Crippen molar-refractivity contribution >= 4 is 10.9 Å². The smallest absolute Gasteiger partial charge is 0.331 e. The summed E-state index contributed by atoms with van der Waals surface area (Å²) in [5, 5.41) is 13.9. The van der Waals surface area contributed by atoms with Gasteiger partial charge < -0.3 is 15.4 Å². The fourth-order valence-electron chi connectivity index (χ4n) is 3.91. The van der Waals surface area contributed by atoms with Crippen LogP contribution in [0.15, 0.2) is 33.9 Å². The van der Waals surface area contributed by atoms with Crippen LogP contribution in [0.5, 0.6) is 5.88 Å². The number of hydrogen-bond acceptors (Lipinski definition) is 3. The Morgan fingerprint density at radius 3 is 2.88 bits per heavy atom. The Hall–Kier alpha value is -2.80. The van der Waals surface area contributed by atoms with Crippen molar-refractivity contribution in [3.8, 4) is 5.88 Å². The van der Waals surface area contributed by atoms with E-state index < -0.39 is 11.2 Å². The van der Waals surface area contributed by atoms with Gasteiger partial charge >= 0.3 is 5.69 Å². The van der Waals surface area contributed by atoms with Gasteiger partial charge in [-0.3, -0.25) is 14.3 Å². The monoisotopic (exact) mass is 355 g/mol. The van der Waals surface area contributed by atoms with Crippen LogP contribution in [-0.2, 0) is 13.0 Å². The van der Waals surface area contributed by atoms with Gasteiger partial charge in [0, 0.05) is 23.9 Å². The molecule has 2 aromatic heterocycles. The number of fused-ring (bicyclic) bond motifs is 3. The lowest BCUT2D eigenvalue weighted by Gasteiger charge is -2.22. The molecule has 0 fully saturated rings. The maximum atomic E-state index is 12.5. The molecule has 7 nitrogen and oxygen atoms in total. The van der Waals surface area contributed by atoms with Crippen LogP contribution < -0.4 is 16.6 Å². The number of aromatic nitrogens is 3. The summed E-state index contributed by atoms with van der Waals surface area (Å²) < 4.78 is 1.27. The van der Waals surface area contributed by atoms with Gasteiger partial charge in [0.15, 0.2) is 6.04 Å². The Morgan fingerprint density at radius 2 is 2.08 bits per heavy atom. The van der Waals surface area contributed by atoms with E-state index in [0.29, 0.717) is 6.54 Å². The molecule has 0 aliphatic carbocycles. The molecule has 0 bridgehead atoms. The Bertz CT molecular complexity index is 1080. The highest BCUT2D eigenvalue weighted by Crippen LogP contribution is 2.31. The number of nitrogens with one attached hydrogen (secondary N) is 2. The van der Waals surface area contributed by atoms with Gasteiger partial charge in [0.05, 0.1) is 12.2 Å². The molecule has 3 heterocycles. The van der Waals surface area contributed by atoms with E-state index in [4.69, 9.17) is 0 Å². The zero-order valence-electron chi connectivity index (χ0n) is 14.7. The summed E-state index contributed by atoms with van der Waals surface area (Å²) >= 11 is 0. The molecular weight excluding hydrogens is 332 g/mol. The van der Waals surface area contributed by atoms with Gasteiger partial charge in [-0.2, -0.15) is 0 Å². The minimum Gasteiger partial charge on any atom is -0.494 e. The lowest BCUT2D eigenvalue weighted by molar-refractivity contribution is -0.690. The van der Waals surface area contributed by atoms with Gasteiger partial charge in [-0.15, -0.1) is 0 Å². The van der Waals surface area contributed by atoms with Crippen LogP contribution in [0.4, 0.5) is 0 Å². The zero-order chi connectivity index (χ0) is 18.3. The molecular formula is C19H23N4O3+. The summed E-state index contributed by atoms with van der Waals surface area (Å²) in [5.74, 6) is -0.222. The van der Waals surface area contributed by atoms with Gasteiger partial charge in [0.2, 0.25) is 5.88 Å². The van der Waals surface area contributed by atoms with Gasteiger partial charge in [-0.1, -0.05) is 31.5 Å². The van der Waals surface area contributed by atoms with Crippen LogP contribution in [0.1, 0.15) is 42.6 Å². The maximum Gasteiger partial charge on any atom is 0.331 e. The first kappa shape index (κ1) is 16.7. The molecule has 136 valence electrons. The number of benzene rings is 1. The van der Waals surface area contributed by atoms with Crippen molar-refractivity contribution < 1.29 is 10.4 Å². The summed E-state index contributed by atoms with van der Waals surface area (Å²) in [4.78, 5) is 30.5. The number of para-hydroxylation sites is 1. The summed E-state index contributed by atoms with van der Waals surface area (Å²) in [5.41, 5.74) is 2.30. The summed E-state index contributed by atoms with van der Waals surface area (Å²) in [6, 6.07) is 7.69. The third-order valence-electron chi connectivity index (χ3n) is 5.21. The van der Waals surface area contributed by atoms with Crippen LogP contribution in [0.25, 0.3) is 10.9 Å². The van der Waals surface area contributed by atoms with E-state index in [1.807, 2.05) is 30.4 Å². The number of aromatic amines is 2. The molecule has 26 heavy (non-hydrogen) atoms. The molecule has 1 aromatic carbocycles. The average Bonchev–Trinajstić information content (AvgIpc) is 3.01. The second-order valence-corrected chi connectivity index (χ2v) is 6.82. The second-order valence-electron chi connectivity index (χ2n) is 6.82. The van der Waals surface area contributed by atoms with E-state index >= 15 is 0 Å². The molecule has 0 saturated heterocycles. The number of nitrogens with zero attached hydrogens (tertiary/aromatic N) is 1. The summed E-state index contributed by atoms with van der Waals surface area (Å²) in [6.07, 6.45) is 2.54. The van der Waals surface area contributed by atoms with Gasteiger partial charge in [-0.05, 0) is 18.1 Å². The van der Waals surface area contributed by atoms with Crippen LogP contribution in [0.2, 0.25) is 0 Å². The van der Waals surface area contributed by atoms with E-state index in [-0.39, 0.29) is 17.5 Å². The standard InChI is InChI=1S/C19H22N4O3/c1-2-3-10-23-18(25)14(17(24)22-19(23)26)16-15-12(8-9-20-16)11-6-4-5-7-13(11)21-15/h4-7,16,20-21,25H,2-3,8-10H2,1H3,(H,22,24,26)/p+1/t16-/m0/s1. The number of hydrogen-bond donors (Lipinski definition) is 4. The maximum absolute atomic E-state index is 12.5. The van der Waals surface area contributed by atoms with Crippen molar-refractivity contribution in [1.82, 2.24) is 14.5 Å². The number of unbranched alkanes of at least 4 members (excludes halogenated alkanes) is 1. The Morgan fingerprint density at radius 1 is 1.27 bits per heavy atom. The topological polar surface area (TPSA) is 107 Å². The first-order valence-electron chi connectivity index (χ1n) is 9.10. The van der Waals surface area contributed by atoms with Crippen molar-refractivity contribution in [3.63, 3.8) is 0 Å². The second kappa shape index (κ2) is 6.49. The minimum atomic E-state index is -0.558. The van der Waals surface area contributed by atoms with E-state index in [0.717, 1.165) is 42.4 Å². The molecule has 1 aliphatic rings. The fourth-order valence-corrected chi connectivity index (χ4v) is 3.91. The normalized spacial score (nSPS) is 16.7. The third kappa shape index (κ3) is 2.55. The lowest BCUT2D eigenvalue weighted by atomic mass is 9.95. The molecule has 5 N–H and O–H groups in total. The Balaban J connectivity index is 1.90. The van der Waals surface area contributed by atoms with Gasteiger partial charge in [-0.25, -0.2) is 4.79 Å². The van der Waals surface area contributed by atoms with Crippen molar-refractivity contribution in [3.05, 3.63) is 61.9 Å². The first-order valence-corrected chi connectivity index (χ1v) is 9.10. The van der Waals surface area contributed by atoms with Crippen LogP contribution in [0.3, 0.4) is 0 Å². The van der Waals surface area contributed by atoms with Crippen LogP contribution in [-0.4, -0.2) is 26.2 Å². The molecule has 0 spiro atoms. The van der Waals surface area contributed by atoms with Crippen LogP contribution in [0, 0.1) is 0 Å². The van der Waals surface area contributed by atoms with E-state index in [1.165, 1.54) is 10.1 Å². The molecule has 4 rings (SSSR count). The number of rotatable bonds is 4. The predicted octanol–water partition coefficient (Wildman–Crippen LogP) is 0.732. The fraction of sp³-hybridized carbons (Fsp3) is 0.368. The highest BCUT2D eigenvalue weighted by molar-refractivity contribution is 5.85. The van der Waals surface area contributed by atoms with Crippen molar-refractivity contribution in [2.45, 2.75) is 38.8 Å². The zero-order valence-corrected chi connectivity index (χ0v) is 14.7. The Labute approximate surface area is 149 Å². The molecule has 0 unspecified atom stereocenters. The molecule has 0 amide bonds. The van der Waals surface area contributed by atoms with E-state index in [9.17, 15) is 14.7 Å². The number of H-pyrrole nitrogens is 2. The van der Waals surface area contributed by atoms with Crippen molar-refractivity contribution in [1.29, 1.82) is 0 Å². The molecule has 0 saturated carbocycles. The number of aromatic hydroxyl groups is 1. The molecule has 3 aromatic rings. The quantitative estimate of drug-likeness (QED) is 0.554. The summed E-state index contributed by atoms with van der Waals surface area (Å²) in [6.45, 7) is 3.21. The average molecular weight is 355 g/mol.